The molecule has 1 aromatic carbocycles. The summed E-state index contributed by atoms with van der Waals surface area (Å²) in [6, 6.07) is 12.0. The molecule has 0 radical (unpaired) electrons. The highest BCUT2D eigenvalue weighted by Gasteiger charge is 2.31. The van der Waals surface area contributed by atoms with E-state index in [0.717, 1.165) is 30.8 Å². The molecular formula is C17H20N2O2. The average Bonchev–Trinajstić information content (AvgIpc) is 3.15. The summed E-state index contributed by atoms with van der Waals surface area (Å²) in [5, 5.41) is 0. The third-order valence-corrected chi connectivity index (χ3v) is 4.18. The minimum atomic E-state index is 0.112. The number of carbonyl (C=O) groups is 1. The lowest BCUT2D eigenvalue weighted by Crippen LogP contribution is -2.31. The monoisotopic (exact) mass is 284 g/mol. The van der Waals surface area contributed by atoms with E-state index in [9.17, 15) is 4.79 Å². The molecule has 4 nitrogen and oxygen atoms in total. The van der Waals surface area contributed by atoms with Crippen LogP contribution in [0.2, 0.25) is 0 Å². The van der Waals surface area contributed by atoms with Gasteiger partial charge in [-0.15, -0.1) is 0 Å². The van der Waals surface area contributed by atoms with Gasteiger partial charge in [0.1, 0.15) is 11.4 Å². The second kappa shape index (κ2) is 5.64. The summed E-state index contributed by atoms with van der Waals surface area (Å²) in [5.41, 5.74) is 1.92. The Morgan fingerprint density at radius 2 is 2.00 bits per heavy atom. The van der Waals surface area contributed by atoms with Gasteiger partial charge in [-0.2, -0.15) is 0 Å². The number of hydrogen-bond acceptors (Lipinski definition) is 2. The number of carbonyl (C=O) groups excluding carboxylic acids is 1. The van der Waals surface area contributed by atoms with Crippen LogP contribution in [-0.2, 0) is 7.05 Å². The first kappa shape index (κ1) is 13.7. The minimum Gasteiger partial charge on any atom is -0.497 e. The molecule has 2 aromatic rings. The Morgan fingerprint density at radius 3 is 2.62 bits per heavy atom. The molecule has 1 amide bonds. The normalized spacial score (nSPS) is 18.0. The fraction of sp³-hybridized carbons (Fsp3) is 0.353. The average molecular weight is 284 g/mol. The van der Waals surface area contributed by atoms with Crippen molar-refractivity contribution in [3.05, 3.63) is 53.9 Å². The van der Waals surface area contributed by atoms with Crippen molar-refractivity contribution in [1.82, 2.24) is 9.47 Å². The minimum absolute atomic E-state index is 0.112. The van der Waals surface area contributed by atoms with Gasteiger partial charge in [0.2, 0.25) is 0 Å². The van der Waals surface area contributed by atoms with Crippen molar-refractivity contribution in [2.75, 3.05) is 13.7 Å². The van der Waals surface area contributed by atoms with E-state index >= 15 is 0 Å². The number of aryl methyl sites for hydroxylation is 1. The zero-order valence-electron chi connectivity index (χ0n) is 12.5. The molecule has 0 aliphatic carbocycles. The lowest BCUT2D eigenvalue weighted by atomic mass is 10.0. The molecule has 1 atom stereocenters. The Kier molecular flexibility index (Phi) is 3.69. The number of hydrogen-bond donors (Lipinski definition) is 0. The first-order valence-electron chi connectivity index (χ1n) is 7.27. The molecule has 1 fully saturated rings. The SMILES string of the molecule is COc1ccc(C2CCCN2C(=O)c2cccn2C)cc1. The summed E-state index contributed by atoms with van der Waals surface area (Å²) < 4.78 is 7.08. The Hall–Kier alpha value is -2.23. The van der Waals surface area contributed by atoms with Crippen LogP contribution in [0.25, 0.3) is 0 Å². The molecule has 1 aliphatic rings. The molecule has 1 aliphatic heterocycles. The molecule has 1 unspecified atom stereocenters. The molecule has 21 heavy (non-hydrogen) atoms. The van der Waals surface area contributed by atoms with E-state index < -0.39 is 0 Å². The number of amides is 1. The van der Waals surface area contributed by atoms with E-state index in [-0.39, 0.29) is 11.9 Å². The van der Waals surface area contributed by atoms with Gasteiger partial charge in [-0.3, -0.25) is 4.79 Å². The summed E-state index contributed by atoms with van der Waals surface area (Å²) >= 11 is 0. The Bertz CT molecular complexity index is 630. The molecular weight excluding hydrogens is 264 g/mol. The van der Waals surface area contributed by atoms with Gasteiger partial charge in [0, 0.05) is 19.8 Å². The van der Waals surface area contributed by atoms with Crippen LogP contribution in [0.4, 0.5) is 0 Å². The van der Waals surface area contributed by atoms with Crippen LogP contribution >= 0.6 is 0 Å². The highest BCUT2D eigenvalue weighted by Crippen LogP contribution is 2.33. The van der Waals surface area contributed by atoms with Gasteiger partial charge < -0.3 is 14.2 Å². The molecule has 4 heteroatoms. The van der Waals surface area contributed by atoms with Crippen LogP contribution in [0.15, 0.2) is 42.6 Å². The van der Waals surface area contributed by atoms with Crippen LogP contribution in [0.1, 0.15) is 34.9 Å². The molecule has 1 aromatic heterocycles. The van der Waals surface area contributed by atoms with Gasteiger partial charge in [0.05, 0.1) is 13.2 Å². The quantitative estimate of drug-likeness (QED) is 0.868. The van der Waals surface area contributed by atoms with Gasteiger partial charge in [-0.1, -0.05) is 12.1 Å². The van der Waals surface area contributed by atoms with Crippen LogP contribution in [0.5, 0.6) is 5.75 Å². The van der Waals surface area contributed by atoms with E-state index in [4.69, 9.17) is 4.74 Å². The van der Waals surface area contributed by atoms with E-state index in [1.807, 2.05) is 47.0 Å². The van der Waals surface area contributed by atoms with Crippen LogP contribution in [0.3, 0.4) is 0 Å². The standard InChI is InChI=1S/C17H20N2O2/c1-18-11-3-6-16(18)17(20)19-12-4-5-15(19)13-7-9-14(21-2)10-8-13/h3,6-11,15H,4-5,12H2,1-2H3. The van der Waals surface area contributed by atoms with Gasteiger partial charge >= 0.3 is 0 Å². The smallest absolute Gasteiger partial charge is 0.270 e. The third-order valence-electron chi connectivity index (χ3n) is 4.18. The molecule has 2 heterocycles. The van der Waals surface area contributed by atoms with Crippen molar-refractivity contribution >= 4 is 5.91 Å². The summed E-state index contributed by atoms with van der Waals surface area (Å²) in [4.78, 5) is 14.7. The van der Waals surface area contributed by atoms with Crippen molar-refractivity contribution in [2.45, 2.75) is 18.9 Å². The lowest BCUT2D eigenvalue weighted by Gasteiger charge is -2.25. The van der Waals surface area contributed by atoms with Crippen molar-refractivity contribution in [3.8, 4) is 5.75 Å². The number of benzene rings is 1. The number of methoxy groups -OCH3 is 1. The van der Waals surface area contributed by atoms with Gasteiger partial charge in [-0.25, -0.2) is 0 Å². The Labute approximate surface area is 124 Å². The van der Waals surface area contributed by atoms with Crippen molar-refractivity contribution in [2.24, 2.45) is 7.05 Å². The molecule has 0 N–H and O–H groups in total. The first-order chi connectivity index (χ1) is 10.2. The zero-order valence-corrected chi connectivity index (χ0v) is 12.5. The van der Waals surface area contributed by atoms with Gasteiger partial charge in [0.15, 0.2) is 0 Å². The summed E-state index contributed by atoms with van der Waals surface area (Å²) in [6.45, 7) is 0.820. The fourth-order valence-electron chi connectivity index (χ4n) is 3.01. The van der Waals surface area contributed by atoms with Crippen LogP contribution in [0, 0.1) is 0 Å². The largest absolute Gasteiger partial charge is 0.497 e. The first-order valence-corrected chi connectivity index (χ1v) is 7.27. The highest BCUT2D eigenvalue weighted by molar-refractivity contribution is 5.93. The maximum absolute atomic E-state index is 12.7. The summed E-state index contributed by atoms with van der Waals surface area (Å²) in [6.07, 6.45) is 3.97. The van der Waals surface area contributed by atoms with Crippen LogP contribution < -0.4 is 4.74 Å². The van der Waals surface area contributed by atoms with Crippen molar-refractivity contribution in [1.29, 1.82) is 0 Å². The van der Waals surface area contributed by atoms with Crippen molar-refractivity contribution < 1.29 is 9.53 Å². The summed E-state index contributed by atoms with van der Waals surface area (Å²) in [7, 11) is 3.57. The molecule has 1 saturated heterocycles. The van der Waals surface area contributed by atoms with E-state index in [1.54, 1.807) is 7.11 Å². The Balaban J connectivity index is 1.85. The van der Waals surface area contributed by atoms with E-state index in [0.29, 0.717) is 0 Å². The molecule has 3 rings (SSSR count). The van der Waals surface area contributed by atoms with E-state index in [1.165, 1.54) is 5.56 Å². The van der Waals surface area contributed by atoms with Gasteiger partial charge in [0.25, 0.3) is 5.91 Å². The zero-order chi connectivity index (χ0) is 14.8. The lowest BCUT2D eigenvalue weighted by molar-refractivity contribution is 0.0726. The molecule has 0 bridgehead atoms. The number of ether oxygens (including phenoxy) is 1. The molecule has 0 spiro atoms. The predicted octanol–water partition coefficient (Wildman–Crippen LogP) is 3.01. The number of aromatic nitrogens is 1. The molecule has 0 saturated carbocycles. The van der Waals surface area contributed by atoms with E-state index in [2.05, 4.69) is 12.1 Å². The topological polar surface area (TPSA) is 34.5 Å². The van der Waals surface area contributed by atoms with Crippen LogP contribution in [-0.4, -0.2) is 29.0 Å². The maximum atomic E-state index is 12.7. The number of nitrogens with zero attached hydrogens (tertiary/aromatic N) is 2. The van der Waals surface area contributed by atoms with Gasteiger partial charge in [-0.05, 0) is 42.7 Å². The fourth-order valence-corrected chi connectivity index (χ4v) is 3.01. The van der Waals surface area contributed by atoms with Crippen molar-refractivity contribution in [3.63, 3.8) is 0 Å². The number of rotatable bonds is 3. The summed E-state index contributed by atoms with van der Waals surface area (Å²) in [5.74, 6) is 0.956. The third kappa shape index (κ3) is 2.53. The molecule has 110 valence electrons. The highest BCUT2D eigenvalue weighted by atomic mass is 16.5. The predicted molar refractivity (Wildman–Crippen MR) is 81.4 cm³/mol. The second-order valence-corrected chi connectivity index (χ2v) is 5.43. The Morgan fingerprint density at radius 1 is 1.24 bits per heavy atom. The maximum Gasteiger partial charge on any atom is 0.270 e. The second-order valence-electron chi connectivity index (χ2n) is 5.43. The number of likely N-dealkylation sites (tertiary alicyclic amines) is 1.